The van der Waals surface area contributed by atoms with Gasteiger partial charge < -0.3 is 9.64 Å². The zero-order valence-electron chi connectivity index (χ0n) is 11.5. The van der Waals surface area contributed by atoms with Gasteiger partial charge in [0.25, 0.3) is 0 Å². The molecule has 0 unspecified atom stereocenters. The Morgan fingerprint density at radius 2 is 2.28 bits per heavy atom. The van der Waals surface area contributed by atoms with Crippen LogP contribution < -0.4 is 0 Å². The highest BCUT2D eigenvalue weighted by molar-refractivity contribution is 5.87. The first-order valence-electron chi connectivity index (χ1n) is 6.50. The lowest BCUT2D eigenvalue weighted by Gasteiger charge is -2.25. The highest BCUT2D eigenvalue weighted by atomic mass is 16.5. The van der Waals surface area contributed by atoms with Crippen LogP contribution in [0.25, 0.3) is 0 Å². The molecule has 1 amide bonds. The van der Waals surface area contributed by atoms with E-state index in [4.69, 9.17) is 4.74 Å². The van der Waals surface area contributed by atoms with Gasteiger partial charge in [0.2, 0.25) is 5.91 Å². The molecule has 18 heavy (non-hydrogen) atoms. The molecule has 0 aromatic rings. The van der Waals surface area contributed by atoms with E-state index < -0.39 is 6.04 Å². The number of amides is 1. The largest absolute Gasteiger partial charge is 0.467 e. The molecular weight excluding hydrogens is 230 g/mol. The molecule has 1 aliphatic heterocycles. The summed E-state index contributed by atoms with van der Waals surface area (Å²) in [6.45, 7) is 8.50. The molecule has 1 aliphatic rings. The molecular formula is C14H23NO3. The Bertz CT molecular complexity index is 325. The molecule has 0 spiro atoms. The molecule has 1 heterocycles. The van der Waals surface area contributed by atoms with Crippen LogP contribution in [0.5, 0.6) is 0 Å². The van der Waals surface area contributed by atoms with Crippen LogP contribution in [0.3, 0.4) is 0 Å². The number of methoxy groups -OCH3 is 1. The molecule has 0 aliphatic carbocycles. The Morgan fingerprint density at radius 3 is 2.78 bits per heavy atom. The van der Waals surface area contributed by atoms with Crippen molar-refractivity contribution in [3.05, 3.63) is 12.7 Å². The Balaban J connectivity index is 2.73. The topological polar surface area (TPSA) is 46.6 Å². The smallest absolute Gasteiger partial charge is 0.328 e. The highest BCUT2D eigenvalue weighted by Gasteiger charge is 2.38. The molecule has 0 aromatic heterocycles. The predicted molar refractivity (Wildman–Crippen MR) is 69.9 cm³/mol. The van der Waals surface area contributed by atoms with E-state index in [0.29, 0.717) is 18.9 Å². The maximum absolute atomic E-state index is 12.3. The zero-order valence-corrected chi connectivity index (χ0v) is 11.5. The SMILES string of the molecule is C=CC[C@H](C(=O)OC)N1CC[C@H](CC(C)C)C1=O. The van der Waals surface area contributed by atoms with E-state index in [9.17, 15) is 9.59 Å². The fraction of sp³-hybridized carbons (Fsp3) is 0.714. The fourth-order valence-corrected chi connectivity index (χ4v) is 2.50. The number of likely N-dealkylation sites (tertiary alicyclic amines) is 1. The first kappa shape index (κ1) is 14.7. The molecule has 4 nitrogen and oxygen atoms in total. The Labute approximate surface area is 109 Å². The van der Waals surface area contributed by atoms with Crippen molar-refractivity contribution in [1.29, 1.82) is 0 Å². The molecule has 1 saturated heterocycles. The summed E-state index contributed by atoms with van der Waals surface area (Å²) >= 11 is 0. The van der Waals surface area contributed by atoms with Gasteiger partial charge in [-0.1, -0.05) is 19.9 Å². The lowest BCUT2D eigenvalue weighted by molar-refractivity contribution is -0.151. The number of esters is 1. The molecule has 1 rings (SSSR count). The Morgan fingerprint density at radius 1 is 1.61 bits per heavy atom. The molecule has 0 aromatic carbocycles. The maximum Gasteiger partial charge on any atom is 0.328 e. The number of carbonyl (C=O) groups excluding carboxylic acids is 2. The van der Waals surface area contributed by atoms with Crippen molar-refractivity contribution in [1.82, 2.24) is 4.90 Å². The summed E-state index contributed by atoms with van der Waals surface area (Å²) in [6.07, 6.45) is 3.83. The monoisotopic (exact) mass is 253 g/mol. The second-order valence-electron chi connectivity index (χ2n) is 5.21. The fourth-order valence-electron chi connectivity index (χ4n) is 2.50. The minimum Gasteiger partial charge on any atom is -0.467 e. The molecule has 2 atom stereocenters. The van der Waals surface area contributed by atoms with Gasteiger partial charge in [-0.2, -0.15) is 0 Å². The normalized spacial score (nSPS) is 21.2. The summed E-state index contributed by atoms with van der Waals surface area (Å²) < 4.78 is 4.76. The van der Waals surface area contributed by atoms with E-state index >= 15 is 0 Å². The minimum atomic E-state index is -0.503. The first-order chi connectivity index (χ1) is 8.51. The van der Waals surface area contributed by atoms with Crippen molar-refractivity contribution in [2.75, 3.05) is 13.7 Å². The van der Waals surface area contributed by atoms with Crippen LogP contribution >= 0.6 is 0 Å². The Kier molecular flexibility index (Phi) is 5.38. The van der Waals surface area contributed by atoms with E-state index in [0.717, 1.165) is 12.8 Å². The van der Waals surface area contributed by atoms with Gasteiger partial charge in [-0.25, -0.2) is 4.79 Å². The highest BCUT2D eigenvalue weighted by Crippen LogP contribution is 2.27. The number of rotatable bonds is 6. The molecule has 0 bridgehead atoms. The quantitative estimate of drug-likeness (QED) is 0.537. The van der Waals surface area contributed by atoms with Crippen LogP contribution in [0.4, 0.5) is 0 Å². The third-order valence-electron chi connectivity index (χ3n) is 3.35. The van der Waals surface area contributed by atoms with Gasteiger partial charge in [0.05, 0.1) is 7.11 Å². The van der Waals surface area contributed by atoms with Crippen LogP contribution in [-0.4, -0.2) is 36.5 Å². The molecule has 102 valence electrons. The Hall–Kier alpha value is -1.32. The van der Waals surface area contributed by atoms with E-state index in [-0.39, 0.29) is 17.8 Å². The summed E-state index contributed by atoms with van der Waals surface area (Å²) in [7, 11) is 1.35. The van der Waals surface area contributed by atoms with Gasteiger partial charge >= 0.3 is 5.97 Å². The third kappa shape index (κ3) is 3.34. The van der Waals surface area contributed by atoms with Crippen LogP contribution in [0.2, 0.25) is 0 Å². The number of hydrogen-bond acceptors (Lipinski definition) is 3. The summed E-state index contributed by atoms with van der Waals surface area (Å²) in [5.41, 5.74) is 0. The molecule has 0 saturated carbocycles. The lowest BCUT2D eigenvalue weighted by Crippen LogP contribution is -2.43. The van der Waals surface area contributed by atoms with E-state index in [1.54, 1.807) is 11.0 Å². The maximum atomic E-state index is 12.3. The van der Waals surface area contributed by atoms with Crippen molar-refractivity contribution in [3.63, 3.8) is 0 Å². The van der Waals surface area contributed by atoms with Gasteiger partial charge in [-0.15, -0.1) is 6.58 Å². The van der Waals surface area contributed by atoms with Crippen molar-refractivity contribution < 1.29 is 14.3 Å². The van der Waals surface area contributed by atoms with Gasteiger partial charge in [0, 0.05) is 12.5 Å². The van der Waals surface area contributed by atoms with Gasteiger partial charge in [0.1, 0.15) is 6.04 Å². The predicted octanol–water partition coefficient (Wildman–Crippen LogP) is 2.00. The van der Waals surface area contributed by atoms with Gasteiger partial charge in [-0.3, -0.25) is 4.79 Å². The molecule has 4 heteroatoms. The van der Waals surface area contributed by atoms with Crippen LogP contribution in [0.1, 0.15) is 33.1 Å². The first-order valence-corrected chi connectivity index (χ1v) is 6.50. The van der Waals surface area contributed by atoms with Crippen molar-refractivity contribution in [3.8, 4) is 0 Å². The minimum absolute atomic E-state index is 0.0574. The number of hydrogen-bond donors (Lipinski definition) is 0. The number of nitrogens with zero attached hydrogens (tertiary/aromatic N) is 1. The van der Waals surface area contributed by atoms with Crippen molar-refractivity contribution in [2.24, 2.45) is 11.8 Å². The van der Waals surface area contributed by atoms with Crippen LogP contribution in [-0.2, 0) is 14.3 Å². The number of ether oxygens (including phenoxy) is 1. The zero-order chi connectivity index (χ0) is 13.7. The lowest BCUT2D eigenvalue weighted by atomic mass is 9.96. The van der Waals surface area contributed by atoms with Crippen molar-refractivity contribution in [2.45, 2.75) is 39.2 Å². The van der Waals surface area contributed by atoms with Crippen molar-refractivity contribution >= 4 is 11.9 Å². The summed E-state index contributed by atoms with van der Waals surface area (Å²) in [4.78, 5) is 25.6. The van der Waals surface area contributed by atoms with E-state index in [2.05, 4.69) is 20.4 Å². The van der Waals surface area contributed by atoms with Gasteiger partial charge in [-0.05, 0) is 25.2 Å². The average molecular weight is 253 g/mol. The standard InChI is InChI=1S/C14H23NO3/c1-5-6-12(14(17)18-4)15-8-7-11(13(15)16)9-10(2)3/h5,10-12H,1,6-9H2,2-4H3/t11-,12-/m1/s1. The molecule has 0 radical (unpaired) electrons. The molecule has 0 N–H and O–H groups in total. The summed E-state index contributed by atoms with van der Waals surface area (Å²) in [5.74, 6) is 0.284. The van der Waals surface area contributed by atoms with Crippen LogP contribution in [0.15, 0.2) is 12.7 Å². The van der Waals surface area contributed by atoms with Crippen LogP contribution in [0, 0.1) is 11.8 Å². The average Bonchev–Trinajstić information content (AvgIpc) is 2.66. The van der Waals surface area contributed by atoms with Gasteiger partial charge in [0.15, 0.2) is 0 Å². The third-order valence-corrected chi connectivity index (χ3v) is 3.35. The second kappa shape index (κ2) is 6.57. The number of carbonyl (C=O) groups is 2. The molecule has 1 fully saturated rings. The second-order valence-corrected chi connectivity index (χ2v) is 5.21. The summed E-state index contributed by atoms with van der Waals surface area (Å²) in [5, 5.41) is 0. The summed E-state index contributed by atoms with van der Waals surface area (Å²) in [6, 6.07) is -0.503. The van der Waals surface area contributed by atoms with E-state index in [1.165, 1.54) is 7.11 Å². The van der Waals surface area contributed by atoms with E-state index in [1.807, 2.05) is 0 Å².